The van der Waals surface area contributed by atoms with Gasteiger partial charge in [0.25, 0.3) is 0 Å². The Morgan fingerprint density at radius 1 is 1.20 bits per heavy atom. The Kier molecular flexibility index (Phi) is 9.28. The molecule has 0 aromatic heterocycles. The first-order valence-electron chi connectivity index (χ1n) is 9.33. The van der Waals surface area contributed by atoms with Crippen LogP contribution < -0.4 is 0 Å². The molecule has 0 radical (unpaired) electrons. The van der Waals surface area contributed by atoms with Gasteiger partial charge in [-0.15, -0.1) is 11.8 Å². The average molecular weight is 387 g/mol. The van der Waals surface area contributed by atoms with E-state index in [-0.39, 0.29) is 23.1 Å². The lowest BCUT2D eigenvalue weighted by molar-refractivity contribution is -0.141. The fourth-order valence-corrected chi connectivity index (χ4v) is 4.86. The quantitative estimate of drug-likeness (QED) is 0.310. The third kappa shape index (κ3) is 7.99. The predicted octanol–water partition coefficient (Wildman–Crippen LogP) is 4.69. The molecule has 25 heavy (non-hydrogen) atoms. The summed E-state index contributed by atoms with van der Waals surface area (Å²) < 4.78 is 11.1. The number of ketones is 1. The van der Waals surface area contributed by atoms with Crippen molar-refractivity contribution in [2.45, 2.75) is 72.9 Å². The molecule has 0 saturated heterocycles. The van der Waals surface area contributed by atoms with Gasteiger partial charge in [0.1, 0.15) is 5.76 Å². The van der Waals surface area contributed by atoms with E-state index in [0.717, 1.165) is 42.1 Å². The van der Waals surface area contributed by atoms with Gasteiger partial charge in [-0.05, 0) is 37.1 Å². The van der Waals surface area contributed by atoms with Crippen LogP contribution in [0.3, 0.4) is 0 Å². The van der Waals surface area contributed by atoms with Crippen LogP contribution in [-0.4, -0.2) is 33.2 Å². The highest BCUT2D eigenvalue weighted by atomic mass is 32.2. The number of allylic oxidation sites excluding steroid dienone is 2. The second-order valence-corrected chi connectivity index (χ2v) is 11.4. The molecule has 4 nitrogen and oxygen atoms in total. The van der Waals surface area contributed by atoms with Crippen LogP contribution in [0.2, 0.25) is 13.1 Å². The largest absolute Gasteiger partial charge is 0.549 e. The zero-order chi connectivity index (χ0) is 19.0. The number of unbranched alkanes of at least 4 members (excludes halogenated alkanes) is 3. The monoisotopic (exact) mass is 386 g/mol. The normalized spacial score (nSPS) is 18.2. The molecule has 0 bridgehead atoms. The van der Waals surface area contributed by atoms with Gasteiger partial charge in [0, 0.05) is 19.3 Å². The molecule has 1 aliphatic carbocycles. The second kappa shape index (κ2) is 10.4. The molecule has 0 saturated carbocycles. The van der Waals surface area contributed by atoms with E-state index >= 15 is 0 Å². The van der Waals surface area contributed by atoms with Gasteiger partial charge in [-0.2, -0.15) is 0 Å². The molecule has 0 N–H and O–H groups in total. The van der Waals surface area contributed by atoms with Crippen molar-refractivity contribution in [3.63, 3.8) is 0 Å². The molecule has 0 heterocycles. The fraction of sp³-hybridized carbons (Fsp3) is 0.789. The van der Waals surface area contributed by atoms with Gasteiger partial charge in [-0.1, -0.05) is 33.6 Å². The summed E-state index contributed by atoms with van der Waals surface area (Å²) in [7, 11) is -1.23. The summed E-state index contributed by atoms with van der Waals surface area (Å²) >= 11 is 1.67. The van der Waals surface area contributed by atoms with Crippen molar-refractivity contribution in [2.75, 3.05) is 12.4 Å². The number of hydrogen-bond acceptors (Lipinski definition) is 5. The molecule has 1 unspecified atom stereocenters. The molecule has 0 spiro atoms. The highest BCUT2D eigenvalue weighted by Gasteiger charge is 2.40. The molecule has 0 aliphatic heterocycles. The first-order chi connectivity index (χ1) is 11.6. The highest BCUT2D eigenvalue weighted by molar-refractivity contribution is 8.04. The number of carbonyl (C=O) groups excluding carboxylic acids is 2. The molecule has 0 aromatic rings. The molecule has 1 aliphatic rings. The van der Waals surface area contributed by atoms with Gasteiger partial charge in [0.05, 0.1) is 11.5 Å². The minimum atomic E-state index is -1.23. The number of ether oxygens (including phenoxy) is 1. The summed E-state index contributed by atoms with van der Waals surface area (Å²) in [6.07, 6.45) is 4.70. The van der Waals surface area contributed by atoms with E-state index in [1.165, 1.54) is 6.92 Å². The minimum absolute atomic E-state index is 0.0489. The topological polar surface area (TPSA) is 52.6 Å². The summed E-state index contributed by atoms with van der Waals surface area (Å²) in [5.74, 6) is 2.17. The maximum Gasteiger partial charge on any atom is 0.302 e. The van der Waals surface area contributed by atoms with Crippen LogP contribution in [0.5, 0.6) is 0 Å². The zero-order valence-electron chi connectivity index (χ0n) is 16.6. The Labute approximate surface area is 158 Å². The first-order valence-corrected chi connectivity index (χ1v) is 13.1. The number of esters is 1. The van der Waals surface area contributed by atoms with Crippen LogP contribution in [0, 0.1) is 11.3 Å². The van der Waals surface area contributed by atoms with E-state index in [1.54, 1.807) is 11.8 Å². The average Bonchev–Trinajstić information content (AvgIpc) is 2.77. The van der Waals surface area contributed by atoms with Crippen molar-refractivity contribution in [3.8, 4) is 0 Å². The molecule has 144 valence electrons. The van der Waals surface area contributed by atoms with Crippen molar-refractivity contribution >= 4 is 32.6 Å². The summed E-state index contributed by atoms with van der Waals surface area (Å²) in [6.45, 7) is 12.8. The highest BCUT2D eigenvalue weighted by Crippen LogP contribution is 2.45. The SMILES string of the molecule is CC(=O)OCCCCCCSC1=C(O[SiH](C)C)C(C(C)(C)C)CC1=O. The lowest BCUT2D eigenvalue weighted by Crippen LogP contribution is -2.24. The van der Waals surface area contributed by atoms with E-state index in [9.17, 15) is 9.59 Å². The summed E-state index contributed by atoms with van der Waals surface area (Å²) in [4.78, 5) is 24.1. The Bertz CT molecular complexity index is 494. The van der Waals surface area contributed by atoms with E-state index in [1.807, 2.05) is 0 Å². The summed E-state index contributed by atoms with van der Waals surface area (Å²) in [5.41, 5.74) is 0.0489. The Balaban J connectivity index is 2.49. The third-order valence-electron chi connectivity index (χ3n) is 4.18. The molecule has 1 rings (SSSR count). The van der Waals surface area contributed by atoms with Crippen LogP contribution in [0.25, 0.3) is 0 Å². The molecular formula is C19H34O4SSi. The van der Waals surface area contributed by atoms with Gasteiger partial charge in [0.15, 0.2) is 5.78 Å². The van der Waals surface area contributed by atoms with Gasteiger partial charge in [-0.25, -0.2) is 0 Å². The maximum absolute atomic E-state index is 12.5. The van der Waals surface area contributed by atoms with Crippen molar-refractivity contribution < 1.29 is 18.8 Å². The predicted molar refractivity (Wildman–Crippen MR) is 107 cm³/mol. The summed E-state index contributed by atoms with van der Waals surface area (Å²) in [5, 5.41) is 0. The molecular weight excluding hydrogens is 352 g/mol. The van der Waals surface area contributed by atoms with E-state index in [4.69, 9.17) is 9.16 Å². The maximum atomic E-state index is 12.5. The van der Waals surface area contributed by atoms with Crippen LogP contribution in [0.15, 0.2) is 10.7 Å². The lowest BCUT2D eigenvalue weighted by atomic mass is 9.79. The van der Waals surface area contributed by atoms with Crippen molar-refractivity contribution in [1.29, 1.82) is 0 Å². The molecule has 0 amide bonds. The number of hydrogen-bond donors (Lipinski definition) is 0. The number of thioether (sulfide) groups is 1. The minimum Gasteiger partial charge on any atom is -0.549 e. The Morgan fingerprint density at radius 3 is 2.40 bits per heavy atom. The van der Waals surface area contributed by atoms with Gasteiger partial charge in [-0.3, -0.25) is 9.59 Å². The van der Waals surface area contributed by atoms with Crippen LogP contribution >= 0.6 is 11.8 Å². The van der Waals surface area contributed by atoms with Gasteiger partial charge < -0.3 is 9.16 Å². The standard InChI is InChI=1S/C19H34O4SSi/c1-14(20)22-11-9-7-8-10-12-24-18-16(21)13-15(19(2,3)4)17(18)23-25(5)6/h15,25H,7-13H2,1-6H3. The molecule has 0 aromatic carbocycles. The first kappa shape index (κ1) is 22.3. The van der Waals surface area contributed by atoms with E-state index in [0.29, 0.717) is 13.0 Å². The van der Waals surface area contributed by atoms with Crippen molar-refractivity contribution in [2.24, 2.45) is 11.3 Å². The Hall–Kier alpha value is -0.753. The fourth-order valence-electron chi connectivity index (χ4n) is 2.85. The number of carbonyl (C=O) groups is 2. The van der Waals surface area contributed by atoms with Crippen LogP contribution in [-0.2, 0) is 18.8 Å². The van der Waals surface area contributed by atoms with Crippen LogP contribution in [0.4, 0.5) is 0 Å². The van der Waals surface area contributed by atoms with Crippen molar-refractivity contribution in [3.05, 3.63) is 10.7 Å². The van der Waals surface area contributed by atoms with Crippen molar-refractivity contribution in [1.82, 2.24) is 0 Å². The third-order valence-corrected chi connectivity index (χ3v) is 6.12. The summed E-state index contributed by atoms with van der Waals surface area (Å²) in [6, 6.07) is 0. The Morgan fingerprint density at radius 2 is 1.84 bits per heavy atom. The lowest BCUT2D eigenvalue weighted by Gasteiger charge is -2.30. The van der Waals surface area contributed by atoms with E-state index < -0.39 is 9.04 Å². The van der Waals surface area contributed by atoms with Crippen LogP contribution in [0.1, 0.15) is 59.8 Å². The molecule has 6 heteroatoms. The zero-order valence-corrected chi connectivity index (χ0v) is 18.6. The number of Topliss-reactive ketones (excluding diaryl/α,β-unsaturated/α-hetero) is 1. The second-order valence-electron chi connectivity index (χ2n) is 8.01. The molecule has 0 fully saturated rings. The van der Waals surface area contributed by atoms with Gasteiger partial charge >= 0.3 is 5.97 Å². The van der Waals surface area contributed by atoms with E-state index in [2.05, 4.69) is 33.9 Å². The smallest absolute Gasteiger partial charge is 0.302 e. The number of rotatable bonds is 10. The van der Waals surface area contributed by atoms with Gasteiger partial charge in [0.2, 0.25) is 9.04 Å². The molecule has 1 atom stereocenters.